The summed E-state index contributed by atoms with van der Waals surface area (Å²) in [5.41, 5.74) is 0. The first-order chi connectivity index (χ1) is 6.86. The molecule has 76 valence electrons. The Bertz CT molecular complexity index is 276. The molecule has 0 aromatic heterocycles. The second-order valence-electron chi connectivity index (χ2n) is 3.90. The van der Waals surface area contributed by atoms with Crippen molar-refractivity contribution in [3.8, 4) is 0 Å². The molecule has 0 N–H and O–H groups in total. The van der Waals surface area contributed by atoms with Crippen LogP contribution in [0.2, 0.25) is 0 Å². The molecular weight excluding hydrogens is 176 g/mol. The predicted molar refractivity (Wildman–Crippen MR) is 54.8 cm³/mol. The maximum Gasteiger partial charge on any atom is 0.197 e. The normalized spacial score (nSPS) is 27.3. The van der Waals surface area contributed by atoms with Crippen LogP contribution in [0.4, 0.5) is 0 Å². The lowest BCUT2D eigenvalue weighted by atomic mass is 10.0. The van der Waals surface area contributed by atoms with Gasteiger partial charge in [0.05, 0.1) is 0 Å². The lowest BCUT2D eigenvalue weighted by Crippen LogP contribution is -2.18. The highest BCUT2D eigenvalue weighted by molar-refractivity contribution is 5.94. The van der Waals surface area contributed by atoms with Crippen molar-refractivity contribution in [3.63, 3.8) is 0 Å². The van der Waals surface area contributed by atoms with E-state index in [0.717, 1.165) is 25.7 Å². The zero-order valence-corrected chi connectivity index (χ0v) is 8.37. The molecule has 2 aliphatic rings. The molecule has 0 unspecified atom stereocenters. The summed E-state index contributed by atoms with van der Waals surface area (Å²) < 4.78 is 5.67. The number of carbonyl (C=O) groups is 1. The molecule has 1 atom stereocenters. The summed E-state index contributed by atoms with van der Waals surface area (Å²) in [6.45, 7) is 0. The molecule has 0 saturated heterocycles. The molecule has 2 rings (SSSR count). The topological polar surface area (TPSA) is 26.3 Å². The first-order valence-electron chi connectivity index (χ1n) is 5.43. The summed E-state index contributed by atoms with van der Waals surface area (Å²) >= 11 is 0. The third kappa shape index (κ3) is 2.25. The van der Waals surface area contributed by atoms with Gasteiger partial charge in [-0.3, -0.25) is 4.79 Å². The van der Waals surface area contributed by atoms with E-state index in [-0.39, 0.29) is 11.9 Å². The lowest BCUT2D eigenvalue weighted by molar-refractivity contribution is -0.120. The van der Waals surface area contributed by atoms with Gasteiger partial charge in [-0.25, -0.2) is 0 Å². The number of carbonyl (C=O) groups excluding carboxylic acids is 1. The fourth-order valence-electron chi connectivity index (χ4n) is 1.89. The smallest absolute Gasteiger partial charge is 0.197 e. The van der Waals surface area contributed by atoms with Gasteiger partial charge in [0.25, 0.3) is 0 Å². The Balaban J connectivity index is 1.95. The van der Waals surface area contributed by atoms with Crippen molar-refractivity contribution in [2.45, 2.75) is 44.6 Å². The number of Topliss-reactive ketones (excluding diaryl/α,β-unsaturated/α-hetero) is 1. The summed E-state index contributed by atoms with van der Waals surface area (Å²) in [6, 6.07) is 0. The van der Waals surface area contributed by atoms with Gasteiger partial charge in [0.15, 0.2) is 11.5 Å². The number of ketones is 1. The van der Waals surface area contributed by atoms with Crippen LogP contribution in [0.3, 0.4) is 0 Å². The van der Waals surface area contributed by atoms with Crippen LogP contribution in [-0.2, 0) is 9.53 Å². The summed E-state index contributed by atoms with van der Waals surface area (Å²) in [4.78, 5) is 11.5. The van der Waals surface area contributed by atoms with Gasteiger partial charge in [-0.15, -0.1) is 0 Å². The van der Waals surface area contributed by atoms with Crippen LogP contribution in [0.25, 0.3) is 0 Å². The van der Waals surface area contributed by atoms with Crippen molar-refractivity contribution in [1.82, 2.24) is 0 Å². The molecule has 2 heteroatoms. The first-order valence-corrected chi connectivity index (χ1v) is 5.43. The Morgan fingerprint density at radius 3 is 2.93 bits per heavy atom. The van der Waals surface area contributed by atoms with E-state index in [4.69, 9.17) is 4.74 Å². The molecule has 0 amide bonds. The van der Waals surface area contributed by atoms with Crippen molar-refractivity contribution >= 4 is 5.78 Å². The van der Waals surface area contributed by atoms with E-state index in [2.05, 4.69) is 12.2 Å². The van der Waals surface area contributed by atoms with Crippen LogP contribution in [-0.4, -0.2) is 11.9 Å². The van der Waals surface area contributed by atoms with E-state index in [9.17, 15) is 4.79 Å². The number of hydrogen-bond donors (Lipinski definition) is 0. The standard InChI is InChI=1S/C12H16O2/c13-11-8-4-5-9-12(11)14-10-6-2-1-3-7-10/h2,6,9-10H,1,3-5,7-8H2/t10-/m0/s1. The molecule has 2 aliphatic carbocycles. The van der Waals surface area contributed by atoms with Gasteiger partial charge >= 0.3 is 0 Å². The van der Waals surface area contributed by atoms with E-state index in [0.29, 0.717) is 12.2 Å². The zero-order valence-electron chi connectivity index (χ0n) is 8.37. The van der Waals surface area contributed by atoms with Gasteiger partial charge in [0, 0.05) is 6.42 Å². The monoisotopic (exact) mass is 192 g/mol. The van der Waals surface area contributed by atoms with Crippen LogP contribution in [0.1, 0.15) is 38.5 Å². The second kappa shape index (κ2) is 4.45. The lowest BCUT2D eigenvalue weighted by Gasteiger charge is -2.21. The van der Waals surface area contributed by atoms with Crippen LogP contribution in [0, 0.1) is 0 Å². The minimum atomic E-state index is 0.136. The summed E-state index contributed by atoms with van der Waals surface area (Å²) in [6.07, 6.45) is 12.3. The SMILES string of the molecule is O=C1CCCC=C1O[C@H]1C=CCCC1. The van der Waals surface area contributed by atoms with Gasteiger partial charge in [-0.05, 0) is 44.3 Å². The Kier molecular flexibility index (Phi) is 3.02. The van der Waals surface area contributed by atoms with E-state index < -0.39 is 0 Å². The number of allylic oxidation sites excluding steroid dienone is 3. The number of hydrogen-bond acceptors (Lipinski definition) is 2. The van der Waals surface area contributed by atoms with Crippen molar-refractivity contribution in [2.24, 2.45) is 0 Å². The molecule has 0 aromatic rings. The highest BCUT2D eigenvalue weighted by Crippen LogP contribution is 2.21. The van der Waals surface area contributed by atoms with Crippen molar-refractivity contribution in [2.75, 3.05) is 0 Å². The largest absolute Gasteiger partial charge is 0.483 e. The van der Waals surface area contributed by atoms with Crippen molar-refractivity contribution < 1.29 is 9.53 Å². The minimum absolute atomic E-state index is 0.136. The third-order valence-electron chi connectivity index (χ3n) is 2.70. The van der Waals surface area contributed by atoms with Crippen LogP contribution in [0.15, 0.2) is 24.0 Å². The first kappa shape index (κ1) is 9.50. The molecule has 0 radical (unpaired) electrons. The van der Waals surface area contributed by atoms with E-state index in [1.54, 1.807) is 0 Å². The van der Waals surface area contributed by atoms with Crippen LogP contribution >= 0.6 is 0 Å². The molecular formula is C12H16O2. The molecule has 14 heavy (non-hydrogen) atoms. The quantitative estimate of drug-likeness (QED) is 0.629. The maximum atomic E-state index is 11.5. The van der Waals surface area contributed by atoms with Crippen molar-refractivity contribution in [3.05, 3.63) is 24.0 Å². The number of rotatable bonds is 2. The van der Waals surface area contributed by atoms with Crippen molar-refractivity contribution in [1.29, 1.82) is 0 Å². The zero-order chi connectivity index (χ0) is 9.80. The minimum Gasteiger partial charge on any atom is -0.483 e. The van der Waals surface area contributed by atoms with Crippen LogP contribution < -0.4 is 0 Å². The maximum absolute atomic E-state index is 11.5. The molecule has 0 bridgehead atoms. The van der Waals surface area contributed by atoms with Gasteiger partial charge in [0.1, 0.15) is 6.10 Å². The summed E-state index contributed by atoms with van der Waals surface area (Å²) in [5.74, 6) is 0.781. The third-order valence-corrected chi connectivity index (χ3v) is 2.70. The molecule has 0 fully saturated rings. The second-order valence-corrected chi connectivity index (χ2v) is 3.90. The van der Waals surface area contributed by atoms with Gasteiger partial charge < -0.3 is 4.74 Å². The average Bonchev–Trinajstić information content (AvgIpc) is 2.23. The molecule has 2 nitrogen and oxygen atoms in total. The Morgan fingerprint density at radius 1 is 1.29 bits per heavy atom. The molecule has 0 aromatic carbocycles. The highest BCUT2D eigenvalue weighted by Gasteiger charge is 2.18. The molecule has 0 spiro atoms. The predicted octanol–water partition coefficient (Wildman–Crippen LogP) is 2.75. The number of ether oxygens (including phenoxy) is 1. The van der Waals surface area contributed by atoms with E-state index in [1.165, 1.54) is 6.42 Å². The van der Waals surface area contributed by atoms with E-state index in [1.807, 2.05) is 6.08 Å². The van der Waals surface area contributed by atoms with E-state index >= 15 is 0 Å². The van der Waals surface area contributed by atoms with Crippen LogP contribution in [0.5, 0.6) is 0 Å². The Hall–Kier alpha value is -1.05. The van der Waals surface area contributed by atoms with Gasteiger partial charge in [-0.1, -0.05) is 6.08 Å². The van der Waals surface area contributed by atoms with Gasteiger partial charge in [-0.2, -0.15) is 0 Å². The molecule has 0 aliphatic heterocycles. The fourth-order valence-corrected chi connectivity index (χ4v) is 1.89. The highest BCUT2D eigenvalue weighted by atomic mass is 16.5. The molecule has 0 saturated carbocycles. The summed E-state index contributed by atoms with van der Waals surface area (Å²) in [7, 11) is 0. The average molecular weight is 192 g/mol. The molecule has 0 heterocycles. The fraction of sp³-hybridized carbons (Fsp3) is 0.583. The Morgan fingerprint density at radius 2 is 2.21 bits per heavy atom. The Labute approximate surface area is 84.6 Å². The van der Waals surface area contributed by atoms with Gasteiger partial charge in [0.2, 0.25) is 0 Å². The summed E-state index contributed by atoms with van der Waals surface area (Å²) in [5, 5.41) is 0.